The fourth-order valence-corrected chi connectivity index (χ4v) is 2.44. The molecule has 0 aromatic heterocycles. The summed E-state index contributed by atoms with van der Waals surface area (Å²) in [6.07, 6.45) is 6.59. The van der Waals surface area contributed by atoms with Gasteiger partial charge in [0, 0.05) is 18.5 Å². The van der Waals surface area contributed by atoms with E-state index >= 15 is 0 Å². The maximum atomic E-state index is 11.6. The predicted octanol–water partition coefficient (Wildman–Crippen LogP) is 1.81. The summed E-state index contributed by atoms with van der Waals surface area (Å²) < 4.78 is 0. The summed E-state index contributed by atoms with van der Waals surface area (Å²) in [6, 6.07) is 0.365. The predicted molar refractivity (Wildman–Crippen MR) is 62.4 cm³/mol. The van der Waals surface area contributed by atoms with E-state index in [1.54, 1.807) is 0 Å². The van der Waals surface area contributed by atoms with Crippen molar-refractivity contribution in [2.75, 3.05) is 0 Å². The van der Waals surface area contributed by atoms with Gasteiger partial charge in [0.1, 0.15) is 0 Å². The molecule has 3 atom stereocenters. The highest BCUT2D eigenvalue weighted by atomic mass is 16.1. The van der Waals surface area contributed by atoms with Crippen molar-refractivity contribution < 1.29 is 4.79 Å². The van der Waals surface area contributed by atoms with Crippen LogP contribution in [0, 0.1) is 5.92 Å². The Balaban J connectivity index is 2.37. The highest BCUT2D eigenvalue weighted by molar-refractivity contribution is 5.76. The Kier molecular flexibility index (Phi) is 5.09. The molecule has 0 spiro atoms. The van der Waals surface area contributed by atoms with E-state index in [-0.39, 0.29) is 11.9 Å². The van der Waals surface area contributed by atoms with Crippen molar-refractivity contribution >= 4 is 5.91 Å². The van der Waals surface area contributed by atoms with Gasteiger partial charge in [-0.2, -0.15) is 0 Å². The van der Waals surface area contributed by atoms with Crippen LogP contribution in [0.4, 0.5) is 0 Å². The lowest BCUT2D eigenvalue weighted by Gasteiger charge is -2.31. The van der Waals surface area contributed by atoms with Crippen LogP contribution in [0.1, 0.15) is 52.4 Å². The van der Waals surface area contributed by atoms with Crippen LogP contribution < -0.4 is 11.1 Å². The molecule has 3 unspecified atom stereocenters. The Labute approximate surface area is 92.8 Å². The lowest BCUT2D eigenvalue weighted by molar-refractivity contribution is -0.122. The van der Waals surface area contributed by atoms with Crippen LogP contribution in [-0.4, -0.2) is 18.0 Å². The highest BCUT2D eigenvalue weighted by Gasteiger charge is 2.24. The Morgan fingerprint density at radius 2 is 2.13 bits per heavy atom. The number of hydrogen-bond acceptors (Lipinski definition) is 2. The number of hydrogen-bond donors (Lipinski definition) is 2. The number of amides is 1. The zero-order chi connectivity index (χ0) is 11.3. The van der Waals surface area contributed by atoms with Gasteiger partial charge in [0.05, 0.1) is 0 Å². The second kappa shape index (κ2) is 6.11. The molecular formula is C12H24N2O. The number of nitrogens with one attached hydrogen (secondary N) is 1. The molecule has 1 amide bonds. The third kappa shape index (κ3) is 4.20. The first-order valence-corrected chi connectivity index (χ1v) is 6.18. The molecule has 0 radical (unpaired) electrons. The molecule has 0 aliphatic heterocycles. The summed E-state index contributed by atoms with van der Waals surface area (Å²) in [5.41, 5.74) is 5.60. The Hall–Kier alpha value is -0.570. The SMILES string of the molecule is CCC1CCCCC1NC(=O)CC(C)N. The van der Waals surface area contributed by atoms with E-state index in [1.807, 2.05) is 6.92 Å². The van der Waals surface area contributed by atoms with Gasteiger partial charge >= 0.3 is 0 Å². The van der Waals surface area contributed by atoms with E-state index in [9.17, 15) is 4.79 Å². The summed E-state index contributed by atoms with van der Waals surface area (Å²) in [4.78, 5) is 11.6. The van der Waals surface area contributed by atoms with Gasteiger partial charge in [-0.25, -0.2) is 0 Å². The van der Waals surface area contributed by atoms with Crippen LogP contribution in [0.15, 0.2) is 0 Å². The minimum atomic E-state index is -0.0336. The van der Waals surface area contributed by atoms with Crippen LogP contribution >= 0.6 is 0 Å². The molecule has 0 heterocycles. The van der Waals surface area contributed by atoms with Gasteiger partial charge in [-0.3, -0.25) is 4.79 Å². The number of rotatable bonds is 4. The first-order valence-electron chi connectivity index (χ1n) is 6.18. The van der Waals surface area contributed by atoms with E-state index in [2.05, 4.69) is 12.2 Å². The van der Waals surface area contributed by atoms with Gasteiger partial charge < -0.3 is 11.1 Å². The van der Waals surface area contributed by atoms with E-state index in [0.717, 1.165) is 6.42 Å². The molecule has 0 bridgehead atoms. The Morgan fingerprint density at radius 1 is 1.47 bits per heavy atom. The summed E-state index contributed by atoms with van der Waals surface area (Å²) in [6.45, 7) is 4.08. The van der Waals surface area contributed by atoms with Crippen LogP contribution in [0.5, 0.6) is 0 Å². The third-order valence-corrected chi connectivity index (χ3v) is 3.29. The molecule has 88 valence electrons. The van der Waals surface area contributed by atoms with Crippen molar-refractivity contribution in [3.05, 3.63) is 0 Å². The van der Waals surface area contributed by atoms with E-state index in [1.165, 1.54) is 25.7 Å². The second-order valence-electron chi connectivity index (χ2n) is 4.81. The molecular weight excluding hydrogens is 188 g/mol. The summed E-state index contributed by atoms with van der Waals surface area (Å²) >= 11 is 0. The average molecular weight is 212 g/mol. The zero-order valence-electron chi connectivity index (χ0n) is 9.96. The zero-order valence-corrected chi connectivity index (χ0v) is 9.96. The van der Waals surface area contributed by atoms with Crippen molar-refractivity contribution in [1.82, 2.24) is 5.32 Å². The standard InChI is InChI=1S/C12H24N2O/c1-3-10-6-4-5-7-11(10)14-12(15)8-9(2)13/h9-11H,3-8,13H2,1-2H3,(H,14,15). The summed E-state index contributed by atoms with van der Waals surface area (Å²) in [7, 11) is 0. The Morgan fingerprint density at radius 3 is 2.73 bits per heavy atom. The molecule has 1 aliphatic rings. The molecule has 1 saturated carbocycles. The highest BCUT2D eigenvalue weighted by Crippen LogP contribution is 2.26. The first kappa shape index (κ1) is 12.5. The lowest BCUT2D eigenvalue weighted by Crippen LogP contribution is -2.43. The number of carbonyl (C=O) groups is 1. The van der Waals surface area contributed by atoms with Crippen molar-refractivity contribution in [2.45, 2.75) is 64.5 Å². The van der Waals surface area contributed by atoms with Crippen LogP contribution in [-0.2, 0) is 4.79 Å². The molecule has 15 heavy (non-hydrogen) atoms. The molecule has 0 aromatic rings. The van der Waals surface area contributed by atoms with Gasteiger partial charge in [-0.15, -0.1) is 0 Å². The summed E-state index contributed by atoms with van der Waals surface area (Å²) in [5, 5.41) is 3.13. The normalized spacial score (nSPS) is 28.5. The van der Waals surface area contributed by atoms with E-state index < -0.39 is 0 Å². The number of nitrogens with two attached hydrogens (primary N) is 1. The van der Waals surface area contributed by atoms with Crippen molar-refractivity contribution in [3.8, 4) is 0 Å². The van der Waals surface area contributed by atoms with Crippen molar-refractivity contribution in [1.29, 1.82) is 0 Å². The Bertz CT molecular complexity index is 204. The van der Waals surface area contributed by atoms with Crippen molar-refractivity contribution in [3.63, 3.8) is 0 Å². The molecule has 1 fully saturated rings. The molecule has 1 aliphatic carbocycles. The fourth-order valence-electron chi connectivity index (χ4n) is 2.44. The molecule has 3 N–H and O–H groups in total. The molecule has 0 aromatic carbocycles. The topological polar surface area (TPSA) is 55.1 Å². The molecule has 0 saturated heterocycles. The largest absolute Gasteiger partial charge is 0.353 e. The van der Waals surface area contributed by atoms with Gasteiger partial charge in [0.25, 0.3) is 0 Å². The molecule has 3 heteroatoms. The van der Waals surface area contributed by atoms with E-state index in [0.29, 0.717) is 18.4 Å². The maximum Gasteiger partial charge on any atom is 0.221 e. The minimum Gasteiger partial charge on any atom is -0.353 e. The van der Waals surface area contributed by atoms with Crippen LogP contribution in [0.25, 0.3) is 0 Å². The second-order valence-corrected chi connectivity index (χ2v) is 4.81. The lowest BCUT2D eigenvalue weighted by atomic mass is 9.83. The number of carbonyl (C=O) groups excluding carboxylic acids is 1. The van der Waals surface area contributed by atoms with Gasteiger partial charge in [0.15, 0.2) is 0 Å². The van der Waals surface area contributed by atoms with Crippen LogP contribution in [0.2, 0.25) is 0 Å². The average Bonchev–Trinajstić information content (AvgIpc) is 2.17. The quantitative estimate of drug-likeness (QED) is 0.746. The fraction of sp³-hybridized carbons (Fsp3) is 0.917. The van der Waals surface area contributed by atoms with E-state index in [4.69, 9.17) is 5.73 Å². The monoisotopic (exact) mass is 212 g/mol. The first-order chi connectivity index (χ1) is 7.13. The van der Waals surface area contributed by atoms with Gasteiger partial charge in [-0.05, 0) is 25.7 Å². The maximum absolute atomic E-state index is 11.6. The smallest absolute Gasteiger partial charge is 0.221 e. The van der Waals surface area contributed by atoms with Crippen molar-refractivity contribution in [2.24, 2.45) is 11.7 Å². The van der Waals surface area contributed by atoms with Gasteiger partial charge in [0.2, 0.25) is 5.91 Å². The molecule has 1 rings (SSSR count). The van der Waals surface area contributed by atoms with Crippen LogP contribution in [0.3, 0.4) is 0 Å². The van der Waals surface area contributed by atoms with Gasteiger partial charge in [-0.1, -0.05) is 26.2 Å². The summed E-state index contributed by atoms with van der Waals surface area (Å²) in [5.74, 6) is 0.797. The minimum absolute atomic E-state index is 0.0336. The third-order valence-electron chi connectivity index (χ3n) is 3.29. The molecule has 3 nitrogen and oxygen atoms in total.